The highest BCUT2D eigenvalue weighted by Crippen LogP contribution is 2.39. The summed E-state index contributed by atoms with van der Waals surface area (Å²) >= 11 is 5.25. The fourth-order valence-corrected chi connectivity index (χ4v) is 4.18. The molecule has 0 radical (unpaired) electrons. The maximum Gasteiger partial charge on any atom is 0.120 e. The van der Waals surface area contributed by atoms with Gasteiger partial charge < -0.3 is 15.4 Å². The normalized spacial score (nSPS) is 22.7. The van der Waals surface area contributed by atoms with Crippen molar-refractivity contribution in [1.82, 2.24) is 0 Å². The zero-order chi connectivity index (χ0) is 14.8. The van der Waals surface area contributed by atoms with Gasteiger partial charge in [0.05, 0.1) is 12.8 Å². The number of methoxy groups -OCH3 is 1. The lowest BCUT2D eigenvalue weighted by Crippen LogP contribution is -2.36. The summed E-state index contributed by atoms with van der Waals surface area (Å²) in [6.45, 7) is 1.10. The van der Waals surface area contributed by atoms with E-state index in [1.165, 1.54) is 38.5 Å². The van der Waals surface area contributed by atoms with Crippen molar-refractivity contribution < 1.29 is 4.74 Å². The van der Waals surface area contributed by atoms with Crippen LogP contribution in [0.2, 0.25) is 0 Å². The Morgan fingerprint density at radius 1 is 1.24 bits per heavy atom. The summed E-state index contributed by atoms with van der Waals surface area (Å²) in [7, 11) is 1.71. The van der Waals surface area contributed by atoms with Gasteiger partial charge in [0.25, 0.3) is 0 Å². The predicted octanol–water partition coefficient (Wildman–Crippen LogP) is 3.49. The molecule has 114 valence electrons. The Hall–Kier alpha value is -1.29. The number of nitrogens with zero attached hydrogens (tertiary/aromatic N) is 1. The van der Waals surface area contributed by atoms with Crippen LogP contribution in [0, 0.1) is 5.92 Å². The molecule has 4 heteroatoms. The van der Waals surface area contributed by atoms with E-state index < -0.39 is 0 Å². The maximum atomic E-state index is 5.94. The van der Waals surface area contributed by atoms with Crippen LogP contribution in [-0.4, -0.2) is 24.7 Å². The van der Waals surface area contributed by atoms with E-state index in [1.54, 1.807) is 7.11 Å². The zero-order valence-corrected chi connectivity index (χ0v) is 13.5. The number of anilines is 1. The van der Waals surface area contributed by atoms with Gasteiger partial charge in [-0.2, -0.15) is 0 Å². The largest absolute Gasteiger partial charge is 0.497 e. The molecule has 1 atom stereocenters. The predicted molar refractivity (Wildman–Crippen MR) is 91.2 cm³/mol. The van der Waals surface area contributed by atoms with Gasteiger partial charge in [0.1, 0.15) is 10.7 Å². The van der Waals surface area contributed by atoms with E-state index in [4.69, 9.17) is 22.7 Å². The van der Waals surface area contributed by atoms with Crippen molar-refractivity contribution in [2.75, 3.05) is 18.6 Å². The van der Waals surface area contributed by atoms with Crippen molar-refractivity contribution in [3.8, 4) is 5.75 Å². The van der Waals surface area contributed by atoms with Crippen molar-refractivity contribution in [2.24, 2.45) is 11.7 Å². The van der Waals surface area contributed by atoms with Crippen LogP contribution in [0.15, 0.2) is 18.2 Å². The first-order valence-corrected chi connectivity index (χ1v) is 8.36. The van der Waals surface area contributed by atoms with Crippen LogP contribution in [0.4, 0.5) is 5.69 Å². The van der Waals surface area contributed by atoms with E-state index in [-0.39, 0.29) is 0 Å². The van der Waals surface area contributed by atoms with Crippen molar-refractivity contribution in [3.63, 3.8) is 0 Å². The van der Waals surface area contributed by atoms with Crippen molar-refractivity contribution in [2.45, 2.75) is 44.6 Å². The third kappa shape index (κ3) is 2.86. The third-order valence-electron chi connectivity index (χ3n) is 5.02. The second-order valence-electron chi connectivity index (χ2n) is 6.19. The Balaban J connectivity index is 1.95. The van der Waals surface area contributed by atoms with Crippen LogP contribution in [0.25, 0.3) is 0 Å². The summed E-state index contributed by atoms with van der Waals surface area (Å²) in [6.07, 6.45) is 8.05. The zero-order valence-electron chi connectivity index (χ0n) is 12.7. The van der Waals surface area contributed by atoms with Crippen LogP contribution >= 0.6 is 12.2 Å². The Kier molecular flexibility index (Phi) is 4.34. The first-order chi connectivity index (χ1) is 10.2. The quantitative estimate of drug-likeness (QED) is 0.864. The van der Waals surface area contributed by atoms with E-state index >= 15 is 0 Å². The first-order valence-electron chi connectivity index (χ1n) is 7.95. The maximum absolute atomic E-state index is 5.94. The molecular formula is C17H24N2OS. The van der Waals surface area contributed by atoms with E-state index in [1.807, 2.05) is 12.1 Å². The van der Waals surface area contributed by atoms with Crippen LogP contribution in [-0.2, 0) is 0 Å². The highest BCUT2D eigenvalue weighted by atomic mass is 32.1. The number of benzene rings is 1. The Morgan fingerprint density at radius 2 is 2.00 bits per heavy atom. The molecule has 1 aromatic rings. The smallest absolute Gasteiger partial charge is 0.120 e. The van der Waals surface area contributed by atoms with Gasteiger partial charge in [-0.1, -0.05) is 25.1 Å². The number of ether oxygens (including phenoxy) is 1. The average molecular weight is 304 g/mol. The van der Waals surface area contributed by atoms with Crippen LogP contribution < -0.4 is 15.4 Å². The Bertz CT molecular complexity index is 526. The minimum Gasteiger partial charge on any atom is -0.497 e. The van der Waals surface area contributed by atoms with Crippen molar-refractivity contribution in [1.29, 1.82) is 0 Å². The molecule has 2 aliphatic rings. The van der Waals surface area contributed by atoms with Gasteiger partial charge in [0, 0.05) is 24.2 Å². The summed E-state index contributed by atoms with van der Waals surface area (Å²) in [4.78, 5) is 3.01. The van der Waals surface area contributed by atoms with E-state index in [2.05, 4.69) is 11.0 Å². The fraction of sp³-hybridized carbons (Fsp3) is 0.588. The molecule has 3 nitrogen and oxygen atoms in total. The summed E-state index contributed by atoms with van der Waals surface area (Å²) in [5.41, 5.74) is 8.08. The molecule has 1 saturated carbocycles. The number of thiocarbonyl (C=S) groups is 1. The first kappa shape index (κ1) is 14.6. The van der Waals surface area contributed by atoms with E-state index in [0.29, 0.717) is 11.0 Å². The minimum absolute atomic E-state index is 0.477. The molecule has 2 fully saturated rings. The van der Waals surface area contributed by atoms with Gasteiger partial charge >= 0.3 is 0 Å². The molecule has 1 aromatic carbocycles. The summed E-state index contributed by atoms with van der Waals surface area (Å²) in [5, 5.41) is 0. The lowest BCUT2D eigenvalue weighted by molar-refractivity contribution is 0.412. The Morgan fingerprint density at radius 3 is 2.67 bits per heavy atom. The van der Waals surface area contributed by atoms with E-state index in [9.17, 15) is 0 Å². The van der Waals surface area contributed by atoms with Gasteiger partial charge in [0.15, 0.2) is 0 Å². The van der Waals surface area contributed by atoms with E-state index in [0.717, 1.165) is 29.5 Å². The second kappa shape index (κ2) is 6.22. The highest BCUT2D eigenvalue weighted by molar-refractivity contribution is 7.80. The molecule has 1 saturated heterocycles. The van der Waals surface area contributed by atoms with Crippen LogP contribution in [0.1, 0.15) is 44.1 Å². The molecule has 0 bridgehead atoms. The summed E-state index contributed by atoms with van der Waals surface area (Å²) in [5.74, 6) is 1.71. The lowest BCUT2D eigenvalue weighted by atomic mass is 9.95. The molecule has 0 amide bonds. The molecule has 1 heterocycles. The number of hydrogen-bond acceptors (Lipinski definition) is 3. The SMILES string of the molecule is COc1ccc(C(N)=S)c(N2CCCC2C2CCCC2)c1. The fourth-order valence-electron chi connectivity index (χ4n) is 4.01. The molecule has 1 unspecified atom stereocenters. The molecule has 21 heavy (non-hydrogen) atoms. The monoisotopic (exact) mass is 304 g/mol. The molecule has 0 aromatic heterocycles. The van der Waals surface area contributed by atoms with Gasteiger partial charge in [-0.25, -0.2) is 0 Å². The van der Waals surface area contributed by atoms with Gasteiger partial charge in [0.2, 0.25) is 0 Å². The standard InChI is InChI=1S/C17H24N2OS/c1-20-13-8-9-14(17(18)21)16(11-13)19-10-4-7-15(19)12-5-2-3-6-12/h8-9,11-12,15H,2-7,10H2,1H3,(H2,18,21). The number of nitrogens with two attached hydrogens (primary N) is 1. The number of rotatable bonds is 4. The average Bonchev–Trinajstić information content (AvgIpc) is 3.16. The Labute approximate surface area is 132 Å². The van der Waals surface area contributed by atoms with Gasteiger partial charge in [-0.15, -0.1) is 0 Å². The topological polar surface area (TPSA) is 38.5 Å². The summed E-state index contributed by atoms with van der Waals surface area (Å²) in [6, 6.07) is 6.69. The third-order valence-corrected chi connectivity index (χ3v) is 5.24. The number of hydrogen-bond donors (Lipinski definition) is 1. The molecule has 1 aliphatic carbocycles. The van der Waals surface area contributed by atoms with Gasteiger partial charge in [-0.05, 0) is 43.7 Å². The molecule has 0 spiro atoms. The minimum atomic E-state index is 0.477. The van der Waals surface area contributed by atoms with Crippen LogP contribution in [0.3, 0.4) is 0 Å². The summed E-state index contributed by atoms with van der Waals surface area (Å²) < 4.78 is 5.40. The van der Waals surface area contributed by atoms with Crippen molar-refractivity contribution in [3.05, 3.63) is 23.8 Å². The van der Waals surface area contributed by atoms with Crippen LogP contribution in [0.5, 0.6) is 5.75 Å². The second-order valence-corrected chi connectivity index (χ2v) is 6.63. The lowest BCUT2D eigenvalue weighted by Gasteiger charge is -2.33. The van der Waals surface area contributed by atoms with Gasteiger partial charge in [-0.3, -0.25) is 0 Å². The molecule has 2 N–H and O–H groups in total. The highest BCUT2D eigenvalue weighted by Gasteiger charge is 2.34. The molecule has 1 aliphatic heterocycles. The van der Waals surface area contributed by atoms with Crippen molar-refractivity contribution >= 4 is 22.9 Å². The molecule has 3 rings (SSSR count). The molecular weight excluding hydrogens is 280 g/mol.